The molecule has 0 saturated heterocycles. The predicted molar refractivity (Wildman–Crippen MR) is 70.3 cm³/mol. The molecular formula is C13H15BrO4. The number of carboxylic acids is 1. The molecule has 5 heteroatoms. The zero-order valence-electron chi connectivity index (χ0n) is 9.95. The molecule has 1 aliphatic rings. The lowest BCUT2D eigenvalue weighted by molar-refractivity contribution is -0.137. The summed E-state index contributed by atoms with van der Waals surface area (Å²) in [6.07, 6.45) is 2.60. The first kappa shape index (κ1) is 13.2. The van der Waals surface area contributed by atoms with Crippen LogP contribution >= 0.6 is 15.9 Å². The van der Waals surface area contributed by atoms with Gasteiger partial charge in [-0.05, 0) is 37.0 Å². The smallest absolute Gasteiger partial charge is 0.303 e. The second-order valence-corrected chi connectivity index (χ2v) is 5.04. The maximum Gasteiger partial charge on any atom is 0.303 e. The molecule has 1 heterocycles. The zero-order valence-corrected chi connectivity index (χ0v) is 11.5. The Morgan fingerprint density at radius 3 is 2.56 bits per heavy atom. The molecule has 0 amide bonds. The third kappa shape index (κ3) is 3.38. The summed E-state index contributed by atoms with van der Waals surface area (Å²) in [5.41, 5.74) is 1.13. The number of benzene rings is 1. The van der Waals surface area contributed by atoms with Gasteiger partial charge in [-0.2, -0.15) is 0 Å². The van der Waals surface area contributed by atoms with Crippen molar-refractivity contribution in [3.8, 4) is 11.5 Å². The zero-order chi connectivity index (χ0) is 13.0. The molecule has 2 rings (SSSR count). The highest BCUT2D eigenvalue weighted by Crippen LogP contribution is 2.36. The normalized spacial score (nSPS) is 13.4. The molecule has 0 unspecified atom stereocenters. The maximum atomic E-state index is 10.4. The van der Waals surface area contributed by atoms with Gasteiger partial charge in [-0.15, -0.1) is 0 Å². The van der Waals surface area contributed by atoms with Crippen LogP contribution in [0, 0.1) is 0 Å². The topological polar surface area (TPSA) is 55.8 Å². The van der Waals surface area contributed by atoms with Crippen molar-refractivity contribution in [2.75, 3.05) is 13.2 Å². The first-order valence-electron chi connectivity index (χ1n) is 5.96. The first-order chi connectivity index (χ1) is 8.66. The van der Waals surface area contributed by atoms with E-state index in [0.29, 0.717) is 19.6 Å². The highest BCUT2D eigenvalue weighted by atomic mass is 79.9. The largest absolute Gasteiger partial charge is 0.486 e. The minimum absolute atomic E-state index is 0.224. The number of ether oxygens (including phenoxy) is 2. The van der Waals surface area contributed by atoms with Crippen molar-refractivity contribution >= 4 is 21.9 Å². The maximum absolute atomic E-state index is 10.4. The molecule has 0 spiro atoms. The first-order valence-corrected chi connectivity index (χ1v) is 6.76. The number of unbranched alkanes of at least 4 members (excludes halogenated alkanes) is 1. The fraction of sp³-hybridized carbons (Fsp3) is 0.462. The van der Waals surface area contributed by atoms with E-state index in [0.717, 1.165) is 34.4 Å². The van der Waals surface area contributed by atoms with Crippen LogP contribution in [0.4, 0.5) is 0 Å². The number of aliphatic carboxylic acids is 1. The van der Waals surface area contributed by atoms with Crippen molar-refractivity contribution in [1.82, 2.24) is 0 Å². The Bertz CT molecular complexity index is 445. The second kappa shape index (κ2) is 6.09. The van der Waals surface area contributed by atoms with Gasteiger partial charge in [0.15, 0.2) is 11.5 Å². The van der Waals surface area contributed by atoms with Gasteiger partial charge in [0.2, 0.25) is 0 Å². The molecule has 0 bridgehead atoms. The fourth-order valence-electron chi connectivity index (χ4n) is 1.89. The number of halogens is 1. The standard InChI is InChI=1S/C13H15BrO4/c14-10-8-12-11(17-5-6-18-12)7-9(10)3-1-2-4-13(15)16/h7-8H,1-6H2,(H,15,16). The summed E-state index contributed by atoms with van der Waals surface area (Å²) >= 11 is 3.50. The Morgan fingerprint density at radius 1 is 1.22 bits per heavy atom. The summed E-state index contributed by atoms with van der Waals surface area (Å²) < 4.78 is 12.0. The lowest BCUT2D eigenvalue weighted by Gasteiger charge is -2.19. The van der Waals surface area contributed by atoms with Crippen LogP contribution in [-0.4, -0.2) is 24.3 Å². The number of rotatable bonds is 5. The van der Waals surface area contributed by atoms with Gasteiger partial charge < -0.3 is 14.6 Å². The molecule has 0 aliphatic carbocycles. The van der Waals surface area contributed by atoms with Gasteiger partial charge >= 0.3 is 5.97 Å². The highest BCUT2D eigenvalue weighted by Gasteiger charge is 2.14. The summed E-state index contributed by atoms with van der Waals surface area (Å²) in [5, 5.41) is 8.58. The second-order valence-electron chi connectivity index (χ2n) is 4.19. The van der Waals surface area contributed by atoms with Crippen LogP contribution in [-0.2, 0) is 11.2 Å². The highest BCUT2D eigenvalue weighted by molar-refractivity contribution is 9.10. The number of hydrogen-bond donors (Lipinski definition) is 1. The summed E-state index contributed by atoms with van der Waals surface area (Å²) in [6, 6.07) is 3.89. The lowest BCUT2D eigenvalue weighted by atomic mass is 10.1. The summed E-state index contributed by atoms with van der Waals surface area (Å²) in [4.78, 5) is 10.4. The number of aryl methyl sites for hydroxylation is 1. The minimum Gasteiger partial charge on any atom is -0.486 e. The Balaban J connectivity index is 1.97. The Morgan fingerprint density at radius 2 is 1.89 bits per heavy atom. The molecule has 1 N–H and O–H groups in total. The van der Waals surface area contributed by atoms with Crippen molar-refractivity contribution in [2.24, 2.45) is 0 Å². The van der Waals surface area contributed by atoms with Crippen molar-refractivity contribution in [2.45, 2.75) is 25.7 Å². The van der Waals surface area contributed by atoms with Gasteiger partial charge in [-0.25, -0.2) is 0 Å². The molecule has 1 aliphatic heterocycles. The molecule has 0 atom stereocenters. The van der Waals surface area contributed by atoms with Crippen LogP contribution in [0.5, 0.6) is 11.5 Å². The molecule has 98 valence electrons. The number of carboxylic acid groups (broad SMARTS) is 1. The molecular weight excluding hydrogens is 300 g/mol. The van der Waals surface area contributed by atoms with E-state index in [1.54, 1.807) is 0 Å². The van der Waals surface area contributed by atoms with E-state index < -0.39 is 5.97 Å². The Labute approximate surface area is 114 Å². The van der Waals surface area contributed by atoms with E-state index in [1.165, 1.54) is 0 Å². The van der Waals surface area contributed by atoms with Crippen LogP contribution in [0.2, 0.25) is 0 Å². The molecule has 0 aromatic heterocycles. The van der Waals surface area contributed by atoms with E-state index in [2.05, 4.69) is 15.9 Å². The lowest BCUT2D eigenvalue weighted by Crippen LogP contribution is -2.15. The van der Waals surface area contributed by atoms with E-state index in [1.807, 2.05) is 12.1 Å². The number of hydrogen-bond acceptors (Lipinski definition) is 3. The molecule has 0 saturated carbocycles. The molecule has 1 aromatic carbocycles. The van der Waals surface area contributed by atoms with E-state index in [4.69, 9.17) is 14.6 Å². The molecule has 1 aromatic rings. The summed E-state index contributed by atoms with van der Waals surface area (Å²) in [5.74, 6) is 0.802. The molecule has 4 nitrogen and oxygen atoms in total. The quantitative estimate of drug-likeness (QED) is 0.849. The van der Waals surface area contributed by atoms with E-state index in [-0.39, 0.29) is 6.42 Å². The van der Waals surface area contributed by atoms with Gasteiger partial charge in [-0.3, -0.25) is 4.79 Å². The van der Waals surface area contributed by atoms with Crippen LogP contribution in [0.15, 0.2) is 16.6 Å². The minimum atomic E-state index is -0.740. The number of fused-ring (bicyclic) bond motifs is 1. The van der Waals surface area contributed by atoms with Crippen LogP contribution in [0.1, 0.15) is 24.8 Å². The summed E-state index contributed by atoms with van der Waals surface area (Å²) in [6.45, 7) is 1.16. The van der Waals surface area contributed by atoms with Gasteiger partial charge in [0.05, 0.1) is 0 Å². The van der Waals surface area contributed by atoms with Gasteiger partial charge in [0.25, 0.3) is 0 Å². The molecule has 0 radical (unpaired) electrons. The van der Waals surface area contributed by atoms with Crippen molar-refractivity contribution in [1.29, 1.82) is 0 Å². The van der Waals surface area contributed by atoms with Gasteiger partial charge in [0, 0.05) is 10.9 Å². The average molecular weight is 315 g/mol. The van der Waals surface area contributed by atoms with Crippen molar-refractivity contribution < 1.29 is 19.4 Å². The average Bonchev–Trinajstić information content (AvgIpc) is 2.34. The Kier molecular flexibility index (Phi) is 4.47. The predicted octanol–water partition coefficient (Wildman–Crippen LogP) is 3.02. The van der Waals surface area contributed by atoms with Gasteiger partial charge in [-0.1, -0.05) is 15.9 Å². The fourth-order valence-corrected chi connectivity index (χ4v) is 2.41. The number of carbonyl (C=O) groups is 1. The molecule has 0 fully saturated rings. The van der Waals surface area contributed by atoms with Crippen LogP contribution in [0.25, 0.3) is 0 Å². The van der Waals surface area contributed by atoms with Crippen molar-refractivity contribution in [3.05, 3.63) is 22.2 Å². The van der Waals surface area contributed by atoms with Crippen LogP contribution in [0.3, 0.4) is 0 Å². The van der Waals surface area contributed by atoms with E-state index in [9.17, 15) is 4.79 Å². The monoisotopic (exact) mass is 314 g/mol. The Hall–Kier alpha value is -1.23. The molecule has 18 heavy (non-hydrogen) atoms. The van der Waals surface area contributed by atoms with Crippen LogP contribution < -0.4 is 9.47 Å². The summed E-state index contributed by atoms with van der Waals surface area (Å²) in [7, 11) is 0. The third-order valence-electron chi connectivity index (χ3n) is 2.80. The SMILES string of the molecule is O=C(O)CCCCc1cc2c(cc1Br)OCCO2. The van der Waals surface area contributed by atoms with Crippen molar-refractivity contribution in [3.63, 3.8) is 0 Å². The third-order valence-corrected chi connectivity index (χ3v) is 3.54. The van der Waals surface area contributed by atoms with E-state index >= 15 is 0 Å². The van der Waals surface area contributed by atoms with Gasteiger partial charge in [0.1, 0.15) is 13.2 Å².